The largest absolute Gasteiger partial charge is 0.297 e. The van der Waals surface area contributed by atoms with Gasteiger partial charge in [-0.2, -0.15) is 11.8 Å². The summed E-state index contributed by atoms with van der Waals surface area (Å²) < 4.78 is 13.8. The third-order valence-electron chi connectivity index (χ3n) is 2.49. The van der Waals surface area contributed by atoms with Crippen molar-refractivity contribution < 1.29 is 4.39 Å². The summed E-state index contributed by atoms with van der Waals surface area (Å²) in [5.74, 6) is 2.22. The molecule has 82 valence electrons. The number of halogens is 2. The van der Waals surface area contributed by atoms with Crippen LogP contribution >= 0.6 is 27.7 Å². The molecule has 0 saturated carbocycles. The topological polar surface area (TPSA) is 3.24 Å². The van der Waals surface area contributed by atoms with E-state index in [1.54, 1.807) is 12.1 Å². The highest BCUT2D eigenvalue weighted by molar-refractivity contribution is 9.10. The van der Waals surface area contributed by atoms with Crippen LogP contribution < -0.4 is 0 Å². The Morgan fingerprint density at radius 3 is 2.73 bits per heavy atom. The summed E-state index contributed by atoms with van der Waals surface area (Å²) in [7, 11) is 0. The highest BCUT2D eigenvalue weighted by atomic mass is 79.9. The average Bonchev–Trinajstić information content (AvgIpc) is 2.25. The number of hydrogen-bond donors (Lipinski definition) is 0. The molecule has 2 rings (SSSR count). The molecule has 0 atom stereocenters. The molecule has 0 bridgehead atoms. The van der Waals surface area contributed by atoms with Gasteiger partial charge in [0.15, 0.2) is 0 Å². The van der Waals surface area contributed by atoms with Crippen LogP contribution in [0.5, 0.6) is 0 Å². The molecule has 1 aromatic carbocycles. The lowest BCUT2D eigenvalue weighted by molar-refractivity contribution is 0.294. The van der Waals surface area contributed by atoms with Gasteiger partial charge in [-0.25, -0.2) is 4.39 Å². The van der Waals surface area contributed by atoms with Crippen molar-refractivity contribution in [1.29, 1.82) is 0 Å². The van der Waals surface area contributed by atoms with E-state index in [-0.39, 0.29) is 5.82 Å². The van der Waals surface area contributed by atoms with Gasteiger partial charge in [0.1, 0.15) is 5.82 Å². The summed E-state index contributed by atoms with van der Waals surface area (Å²) in [5.41, 5.74) is 1.06. The van der Waals surface area contributed by atoms with Gasteiger partial charge in [0, 0.05) is 31.1 Å². The van der Waals surface area contributed by atoms with Gasteiger partial charge in [0.05, 0.1) is 4.47 Å². The van der Waals surface area contributed by atoms with Gasteiger partial charge in [0.2, 0.25) is 0 Å². The van der Waals surface area contributed by atoms with E-state index in [1.165, 1.54) is 11.5 Å². The van der Waals surface area contributed by atoms with Crippen molar-refractivity contribution in [2.24, 2.45) is 0 Å². The highest BCUT2D eigenvalue weighted by Crippen LogP contribution is 2.18. The molecular formula is C11H13BrFNS. The molecule has 1 fully saturated rings. The van der Waals surface area contributed by atoms with Crippen LogP contribution in [0.15, 0.2) is 22.7 Å². The molecule has 0 amide bonds. The lowest BCUT2D eigenvalue weighted by Crippen LogP contribution is -2.31. The summed E-state index contributed by atoms with van der Waals surface area (Å²) in [6, 6.07) is 5.38. The van der Waals surface area contributed by atoms with E-state index < -0.39 is 0 Å². The minimum Gasteiger partial charge on any atom is -0.297 e. The molecule has 0 N–H and O–H groups in total. The Hall–Kier alpha value is -0.0600. The Kier molecular flexibility index (Phi) is 4.05. The van der Waals surface area contributed by atoms with Crippen LogP contribution in [-0.2, 0) is 6.54 Å². The zero-order chi connectivity index (χ0) is 10.7. The van der Waals surface area contributed by atoms with Gasteiger partial charge >= 0.3 is 0 Å². The molecule has 0 aliphatic carbocycles. The number of hydrogen-bond acceptors (Lipinski definition) is 2. The fourth-order valence-corrected chi connectivity index (χ4v) is 2.88. The molecule has 0 aromatic heterocycles. The Labute approximate surface area is 102 Å². The number of rotatable bonds is 2. The second-order valence-corrected chi connectivity index (χ2v) is 5.72. The summed E-state index contributed by atoms with van der Waals surface area (Å²) in [6.45, 7) is 3.09. The first-order chi connectivity index (χ1) is 7.25. The van der Waals surface area contributed by atoms with E-state index in [4.69, 9.17) is 0 Å². The molecule has 0 radical (unpaired) electrons. The fourth-order valence-electron chi connectivity index (χ4n) is 1.66. The predicted molar refractivity (Wildman–Crippen MR) is 66.7 cm³/mol. The van der Waals surface area contributed by atoms with E-state index in [9.17, 15) is 4.39 Å². The van der Waals surface area contributed by atoms with Crippen LogP contribution in [0.25, 0.3) is 0 Å². The van der Waals surface area contributed by atoms with Crippen molar-refractivity contribution in [2.45, 2.75) is 6.54 Å². The first-order valence-electron chi connectivity index (χ1n) is 5.00. The number of nitrogens with zero attached hydrogens (tertiary/aromatic N) is 1. The van der Waals surface area contributed by atoms with Gasteiger partial charge in [-0.1, -0.05) is 6.07 Å². The van der Waals surface area contributed by atoms with E-state index >= 15 is 0 Å². The molecule has 15 heavy (non-hydrogen) atoms. The summed E-state index contributed by atoms with van der Waals surface area (Å²) in [6.07, 6.45) is 0. The van der Waals surface area contributed by atoms with Crippen LogP contribution in [0.3, 0.4) is 0 Å². The first kappa shape index (κ1) is 11.4. The zero-order valence-electron chi connectivity index (χ0n) is 8.38. The lowest BCUT2D eigenvalue weighted by Gasteiger charge is -2.26. The van der Waals surface area contributed by atoms with Crippen molar-refractivity contribution in [2.75, 3.05) is 24.6 Å². The maximum absolute atomic E-state index is 13.3. The molecule has 0 spiro atoms. The second kappa shape index (κ2) is 5.32. The van der Waals surface area contributed by atoms with Crippen LogP contribution in [0.2, 0.25) is 0 Å². The van der Waals surface area contributed by atoms with Crippen LogP contribution in [-0.4, -0.2) is 29.5 Å². The zero-order valence-corrected chi connectivity index (χ0v) is 10.8. The van der Waals surface area contributed by atoms with Crippen molar-refractivity contribution in [3.8, 4) is 0 Å². The van der Waals surface area contributed by atoms with Crippen molar-refractivity contribution in [1.82, 2.24) is 4.90 Å². The monoisotopic (exact) mass is 289 g/mol. The standard InChI is InChI=1S/C11H13BrFNS/c12-10-2-1-9(7-11(10)13)8-14-3-5-15-6-4-14/h1-2,7H,3-6,8H2. The van der Waals surface area contributed by atoms with E-state index in [2.05, 4.69) is 20.8 Å². The smallest absolute Gasteiger partial charge is 0.137 e. The van der Waals surface area contributed by atoms with Crippen molar-refractivity contribution >= 4 is 27.7 Å². The third kappa shape index (κ3) is 3.20. The maximum Gasteiger partial charge on any atom is 0.137 e. The maximum atomic E-state index is 13.3. The summed E-state index contributed by atoms with van der Waals surface area (Å²) >= 11 is 5.15. The fraction of sp³-hybridized carbons (Fsp3) is 0.455. The quantitative estimate of drug-likeness (QED) is 0.823. The highest BCUT2D eigenvalue weighted by Gasteiger charge is 2.11. The molecule has 0 unspecified atom stereocenters. The first-order valence-corrected chi connectivity index (χ1v) is 6.94. The molecule has 1 saturated heterocycles. The van der Waals surface area contributed by atoms with Crippen molar-refractivity contribution in [3.05, 3.63) is 34.1 Å². The van der Waals surface area contributed by atoms with E-state index in [1.807, 2.05) is 17.8 Å². The molecule has 1 aromatic rings. The van der Waals surface area contributed by atoms with E-state index in [0.717, 1.165) is 25.2 Å². The van der Waals surface area contributed by atoms with Gasteiger partial charge < -0.3 is 0 Å². The van der Waals surface area contributed by atoms with Gasteiger partial charge in [0.25, 0.3) is 0 Å². The average molecular weight is 290 g/mol. The molecule has 1 aliphatic heterocycles. The van der Waals surface area contributed by atoms with E-state index in [0.29, 0.717) is 4.47 Å². The number of thioether (sulfide) groups is 1. The molecule has 1 aliphatic rings. The van der Waals surface area contributed by atoms with Gasteiger partial charge in [-0.05, 0) is 33.6 Å². The Balaban J connectivity index is 2.00. The summed E-state index contributed by atoms with van der Waals surface area (Å²) in [4.78, 5) is 2.37. The van der Waals surface area contributed by atoms with Gasteiger partial charge in [-0.15, -0.1) is 0 Å². The minimum absolute atomic E-state index is 0.168. The Morgan fingerprint density at radius 2 is 2.07 bits per heavy atom. The lowest BCUT2D eigenvalue weighted by atomic mass is 10.2. The Bertz CT molecular complexity index is 339. The van der Waals surface area contributed by atoms with Crippen LogP contribution in [0.4, 0.5) is 4.39 Å². The van der Waals surface area contributed by atoms with Crippen LogP contribution in [0, 0.1) is 5.82 Å². The second-order valence-electron chi connectivity index (χ2n) is 3.64. The summed E-state index contributed by atoms with van der Waals surface area (Å²) in [5, 5.41) is 0. The molecule has 1 nitrogen and oxygen atoms in total. The normalized spacial score (nSPS) is 18.0. The van der Waals surface area contributed by atoms with Crippen molar-refractivity contribution in [3.63, 3.8) is 0 Å². The SMILES string of the molecule is Fc1cc(CN2CCSCC2)ccc1Br. The number of benzene rings is 1. The predicted octanol–water partition coefficient (Wildman–Crippen LogP) is 3.14. The third-order valence-corrected chi connectivity index (χ3v) is 4.08. The van der Waals surface area contributed by atoms with Crippen LogP contribution in [0.1, 0.15) is 5.56 Å². The molecule has 1 heterocycles. The molecular weight excluding hydrogens is 277 g/mol. The Morgan fingerprint density at radius 1 is 1.33 bits per heavy atom. The van der Waals surface area contributed by atoms with Gasteiger partial charge in [-0.3, -0.25) is 4.90 Å². The minimum atomic E-state index is -0.168. The molecule has 4 heteroatoms.